The maximum atomic E-state index is 14.6. The summed E-state index contributed by atoms with van der Waals surface area (Å²) in [6.07, 6.45) is 3.44. The van der Waals surface area contributed by atoms with Crippen molar-refractivity contribution in [2.24, 2.45) is 0 Å². The largest absolute Gasteiger partial charge is 0.493 e. The first-order chi connectivity index (χ1) is 15.0. The molecule has 0 bridgehead atoms. The van der Waals surface area contributed by atoms with Crippen molar-refractivity contribution in [3.8, 4) is 5.75 Å². The summed E-state index contributed by atoms with van der Waals surface area (Å²) in [5.41, 5.74) is 2.43. The fourth-order valence-electron chi connectivity index (χ4n) is 3.40. The number of amides is 1. The standard InChI is InChI=1S/C25H18BrF2NO2/c1-2-31-24-11-8-16(13-20(24)26)12-18-14-23(17-6-4-3-5-7-17)29(25(18)30)22-10-9-19(27)15-21(22)28/h3-15H,2H2,1H3/b18-12+. The molecule has 3 aromatic carbocycles. The highest BCUT2D eigenvalue weighted by atomic mass is 79.9. The molecule has 0 aliphatic carbocycles. The molecule has 0 atom stereocenters. The molecule has 3 aromatic rings. The zero-order chi connectivity index (χ0) is 22.0. The molecule has 3 nitrogen and oxygen atoms in total. The molecule has 0 N–H and O–H groups in total. The van der Waals surface area contributed by atoms with Gasteiger partial charge in [0.05, 0.1) is 22.5 Å². The van der Waals surface area contributed by atoms with Crippen LogP contribution in [0.5, 0.6) is 5.75 Å². The minimum absolute atomic E-state index is 0.00206. The second-order valence-corrected chi connectivity index (χ2v) is 7.71. The Balaban J connectivity index is 1.79. The molecule has 0 radical (unpaired) electrons. The van der Waals surface area contributed by atoms with E-state index in [-0.39, 0.29) is 5.69 Å². The number of ether oxygens (including phenoxy) is 1. The summed E-state index contributed by atoms with van der Waals surface area (Å²) >= 11 is 3.48. The van der Waals surface area contributed by atoms with Gasteiger partial charge in [0.25, 0.3) is 5.91 Å². The molecule has 6 heteroatoms. The number of carbonyl (C=O) groups is 1. The van der Waals surface area contributed by atoms with Gasteiger partial charge in [0.15, 0.2) is 0 Å². The Morgan fingerprint density at radius 2 is 1.81 bits per heavy atom. The van der Waals surface area contributed by atoms with Crippen molar-refractivity contribution in [2.45, 2.75) is 6.92 Å². The van der Waals surface area contributed by atoms with Gasteiger partial charge in [-0.25, -0.2) is 8.78 Å². The number of hydrogen-bond acceptors (Lipinski definition) is 2. The van der Waals surface area contributed by atoms with Gasteiger partial charge in [-0.2, -0.15) is 0 Å². The Bertz CT molecular complexity index is 1210. The van der Waals surface area contributed by atoms with Gasteiger partial charge in [-0.3, -0.25) is 9.69 Å². The Labute approximate surface area is 187 Å². The van der Waals surface area contributed by atoms with Crippen molar-refractivity contribution < 1.29 is 18.3 Å². The van der Waals surface area contributed by atoms with E-state index >= 15 is 0 Å². The Morgan fingerprint density at radius 3 is 2.48 bits per heavy atom. The maximum absolute atomic E-state index is 14.6. The summed E-state index contributed by atoms with van der Waals surface area (Å²) in [7, 11) is 0. The van der Waals surface area contributed by atoms with Crippen LogP contribution in [-0.4, -0.2) is 12.5 Å². The molecule has 1 amide bonds. The first-order valence-electron chi connectivity index (χ1n) is 9.68. The Morgan fingerprint density at radius 1 is 1.03 bits per heavy atom. The number of benzene rings is 3. The molecule has 1 aliphatic heterocycles. The predicted molar refractivity (Wildman–Crippen MR) is 122 cm³/mol. The minimum atomic E-state index is -0.805. The van der Waals surface area contributed by atoms with Gasteiger partial charge in [-0.1, -0.05) is 36.4 Å². The van der Waals surface area contributed by atoms with Crippen LogP contribution < -0.4 is 9.64 Å². The summed E-state index contributed by atoms with van der Waals surface area (Å²) < 4.78 is 34.3. The molecule has 4 rings (SSSR count). The molecular formula is C25H18BrF2NO2. The van der Waals surface area contributed by atoms with E-state index in [0.717, 1.165) is 27.7 Å². The van der Waals surface area contributed by atoms with Gasteiger partial charge in [-0.15, -0.1) is 0 Å². The van der Waals surface area contributed by atoms with E-state index in [2.05, 4.69) is 15.9 Å². The van der Waals surface area contributed by atoms with Crippen LogP contribution in [0.3, 0.4) is 0 Å². The number of carbonyl (C=O) groups excluding carboxylic acids is 1. The molecule has 0 spiro atoms. The number of hydrogen-bond donors (Lipinski definition) is 0. The summed E-state index contributed by atoms with van der Waals surface area (Å²) in [6, 6.07) is 17.9. The van der Waals surface area contributed by atoms with E-state index in [9.17, 15) is 13.6 Å². The third-order valence-electron chi connectivity index (χ3n) is 4.78. The van der Waals surface area contributed by atoms with E-state index in [1.54, 1.807) is 12.2 Å². The van der Waals surface area contributed by atoms with E-state index in [1.807, 2.05) is 55.5 Å². The van der Waals surface area contributed by atoms with Crippen LogP contribution in [0.25, 0.3) is 11.8 Å². The van der Waals surface area contributed by atoms with E-state index < -0.39 is 17.5 Å². The second kappa shape index (κ2) is 8.86. The van der Waals surface area contributed by atoms with Gasteiger partial charge in [0.1, 0.15) is 17.4 Å². The lowest BCUT2D eigenvalue weighted by Crippen LogP contribution is -2.26. The molecule has 31 heavy (non-hydrogen) atoms. The van der Waals surface area contributed by atoms with Gasteiger partial charge in [0, 0.05) is 11.6 Å². The van der Waals surface area contributed by atoms with Crippen molar-refractivity contribution in [3.63, 3.8) is 0 Å². The fourth-order valence-corrected chi connectivity index (χ4v) is 3.91. The summed E-state index contributed by atoms with van der Waals surface area (Å²) in [4.78, 5) is 14.6. The van der Waals surface area contributed by atoms with Crippen LogP contribution in [-0.2, 0) is 4.79 Å². The van der Waals surface area contributed by atoms with Gasteiger partial charge < -0.3 is 4.74 Å². The smallest absolute Gasteiger partial charge is 0.263 e. The van der Waals surface area contributed by atoms with E-state index in [1.165, 1.54) is 11.0 Å². The molecule has 1 aliphatic rings. The fraction of sp³-hybridized carbons (Fsp3) is 0.0800. The monoisotopic (exact) mass is 481 g/mol. The lowest BCUT2D eigenvalue weighted by atomic mass is 10.1. The normalized spacial score (nSPS) is 14.8. The van der Waals surface area contributed by atoms with Crippen LogP contribution in [0.1, 0.15) is 18.1 Å². The van der Waals surface area contributed by atoms with Crippen LogP contribution >= 0.6 is 15.9 Å². The third kappa shape index (κ3) is 4.30. The summed E-state index contributed by atoms with van der Waals surface area (Å²) in [6.45, 7) is 2.44. The minimum Gasteiger partial charge on any atom is -0.493 e. The first kappa shape index (κ1) is 21.0. The van der Waals surface area contributed by atoms with Gasteiger partial charge in [0.2, 0.25) is 0 Å². The predicted octanol–water partition coefficient (Wildman–Crippen LogP) is 6.60. The molecule has 0 saturated heterocycles. The van der Waals surface area contributed by atoms with Crippen molar-refractivity contribution in [1.29, 1.82) is 0 Å². The van der Waals surface area contributed by atoms with Gasteiger partial charge >= 0.3 is 0 Å². The lowest BCUT2D eigenvalue weighted by Gasteiger charge is -2.21. The van der Waals surface area contributed by atoms with Crippen molar-refractivity contribution in [2.75, 3.05) is 11.5 Å². The topological polar surface area (TPSA) is 29.5 Å². The van der Waals surface area contributed by atoms with Crippen molar-refractivity contribution in [3.05, 3.63) is 106 Å². The maximum Gasteiger partial charge on any atom is 0.263 e. The quantitative estimate of drug-likeness (QED) is 0.384. The summed E-state index contributed by atoms with van der Waals surface area (Å²) in [5, 5.41) is 0. The van der Waals surface area contributed by atoms with Crippen LogP contribution in [0.4, 0.5) is 14.5 Å². The molecule has 156 valence electrons. The van der Waals surface area contributed by atoms with E-state index in [0.29, 0.717) is 23.6 Å². The highest BCUT2D eigenvalue weighted by Crippen LogP contribution is 2.37. The Kier molecular flexibility index (Phi) is 6.00. The molecule has 1 heterocycles. The number of halogens is 3. The van der Waals surface area contributed by atoms with Crippen molar-refractivity contribution in [1.82, 2.24) is 0 Å². The molecule has 0 unspecified atom stereocenters. The lowest BCUT2D eigenvalue weighted by molar-refractivity contribution is -0.113. The molecule has 0 saturated carbocycles. The first-order valence-corrected chi connectivity index (χ1v) is 10.5. The molecule has 0 aromatic heterocycles. The number of anilines is 1. The number of rotatable bonds is 5. The SMILES string of the molecule is CCOc1ccc(/C=C2\C=C(c3ccccc3)N(c3ccc(F)cc3F)C2=O)cc1Br. The molecule has 0 fully saturated rings. The Hall–Kier alpha value is -3.25. The number of nitrogens with zero attached hydrogens (tertiary/aromatic N) is 1. The van der Waals surface area contributed by atoms with Crippen molar-refractivity contribution >= 4 is 39.3 Å². The highest BCUT2D eigenvalue weighted by molar-refractivity contribution is 9.10. The average molecular weight is 482 g/mol. The zero-order valence-electron chi connectivity index (χ0n) is 16.6. The average Bonchev–Trinajstić information content (AvgIpc) is 3.07. The third-order valence-corrected chi connectivity index (χ3v) is 5.40. The second-order valence-electron chi connectivity index (χ2n) is 6.85. The van der Waals surface area contributed by atoms with Crippen LogP contribution in [0.2, 0.25) is 0 Å². The molecular weight excluding hydrogens is 464 g/mol. The zero-order valence-corrected chi connectivity index (χ0v) is 18.2. The van der Waals surface area contributed by atoms with Crippen LogP contribution in [0, 0.1) is 11.6 Å². The van der Waals surface area contributed by atoms with Gasteiger partial charge in [-0.05, 0) is 70.4 Å². The highest BCUT2D eigenvalue weighted by Gasteiger charge is 2.32. The van der Waals surface area contributed by atoms with E-state index in [4.69, 9.17) is 4.74 Å². The van der Waals surface area contributed by atoms with Crippen LogP contribution in [0.15, 0.2) is 82.9 Å². The summed E-state index contributed by atoms with van der Waals surface area (Å²) in [5.74, 6) is -1.19.